The third kappa shape index (κ3) is 5.28. The highest BCUT2D eigenvalue weighted by Crippen LogP contribution is 2.22. The van der Waals surface area contributed by atoms with Crippen molar-refractivity contribution in [3.05, 3.63) is 29.5 Å². The zero-order valence-electron chi connectivity index (χ0n) is 15.9. The largest absolute Gasteiger partial charge is 0.351 e. The summed E-state index contributed by atoms with van der Waals surface area (Å²) in [5, 5.41) is 11.1. The van der Waals surface area contributed by atoms with Gasteiger partial charge in [0, 0.05) is 19.1 Å². The second-order valence-electron chi connectivity index (χ2n) is 7.23. The Morgan fingerprint density at radius 1 is 1.30 bits per heavy atom. The second kappa shape index (κ2) is 8.82. The van der Waals surface area contributed by atoms with Crippen molar-refractivity contribution in [1.29, 1.82) is 0 Å². The van der Waals surface area contributed by atoms with Gasteiger partial charge in [0.2, 0.25) is 0 Å². The van der Waals surface area contributed by atoms with Crippen molar-refractivity contribution in [3.8, 4) is 0 Å². The smallest absolute Gasteiger partial charge is 0.271 e. The van der Waals surface area contributed by atoms with E-state index in [4.69, 9.17) is 0 Å². The normalized spacial score (nSPS) is 21.5. The van der Waals surface area contributed by atoms with Gasteiger partial charge in [-0.2, -0.15) is 0 Å². The molecule has 1 atom stereocenters. The summed E-state index contributed by atoms with van der Waals surface area (Å²) >= 11 is 0. The number of carbonyl (C=O) groups excluding carboxylic acids is 1. The first-order chi connectivity index (χ1) is 13.0. The van der Waals surface area contributed by atoms with E-state index < -0.39 is 9.84 Å². The molecule has 1 saturated heterocycles. The number of amides is 1. The van der Waals surface area contributed by atoms with Crippen LogP contribution < -0.4 is 10.2 Å². The van der Waals surface area contributed by atoms with Crippen LogP contribution in [0.1, 0.15) is 55.9 Å². The van der Waals surface area contributed by atoms with E-state index in [0.29, 0.717) is 25.3 Å². The maximum absolute atomic E-state index is 12.3. The van der Waals surface area contributed by atoms with Gasteiger partial charge < -0.3 is 10.2 Å². The lowest BCUT2D eigenvalue weighted by Crippen LogP contribution is -2.37. The number of hydrogen-bond acceptors (Lipinski definition) is 6. The van der Waals surface area contributed by atoms with Crippen LogP contribution in [0.2, 0.25) is 0 Å². The van der Waals surface area contributed by atoms with Gasteiger partial charge in [0.15, 0.2) is 21.3 Å². The molecule has 148 valence electrons. The number of aromatic nitrogens is 2. The molecule has 1 N–H and O–H groups in total. The van der Waals surface area contributed by atoms with Crippen molar-refractivity contribution in [2.45, 2.75) is 51.5 Å². The lowest BCUT2D eigenvalue weighted by atomic mass is 9.97. The zero-order valence-corrected chi connectivity index (χ0v) is 16.7. The summed E-state index contributed by atoms with van der Waals surface area (Å²) < 4.78 is 23.5. The average Bonchev–Trinajstić information content (AvgIpc) is 3.03. The number of rotatable bonds is 7. The maximum Gasteiger partial charge on any atom is 0.271 e. The average molecular weight is 393 g/mol. The molecule has 0 aromatic carbocycles. The standard InChI is InChI=1S/C19H28N4O3S/c1-2-23(16-11-13-27(25,26)14-16)18-9-8-17(21-22-18)19(24)20-12-10-15-6-4-3-5-7-15/h6,8-9,16H,2-5,7,10-14H2,1H3,(H,20,24). The lowest BCUT2D eigenvalue weighted by Gasteiger charge is -2.27. The minimum absolute atomic E-state index is 0.0715. The first kappa shape index (κ1) is 19.8. The van der Waals surface area contributed by atoms with E-state index in [0.717, 1.165) is 19.3 Å². The molecular weight excluding hydrogens is 364 g/mol. The summed E-state index contributed by atoms with van der Waals surface area (Å²) in [6.07, 6.45) is 8.56. The number of allylic oxidation sites excluding steroid dienone is 1. The van der Waals surface area contributed by atoms with E-state index in [9.17, 15) is 13.2 Å². The third-order valence-corrected chi connectivity index (χ3v) is 7.03. The third-order valence-electron chi connectivity index (χ3n) is 5.28. The van der Waals surface area contributed by atoms with Crippen LogP contribution >= 0.6 is 0 Å². The van der Waals surface area contributed by atoms with E-state index in [1.54, 1.807) is 12.1 Å². The minimum atomic E-state index is -2.96. The predicted octanol–water partition coefficient (Wildman–Crippen LogP) is 2.11. The quantitative estimate of drug-likeness (QED) is 0.715. The molecule has 0 radical (unpaired) electrons. The van der Waals surface area contributed by atoms with Crippen molar-refractivity contribution in [3.63, 3.8) is 0 Å². The summed E-state index contributed by atoms with van der Waals surface area (Å²) in [5.41, 5.74) is 1.71. The molecule has 27 heavy (non-hydrogen) atoms. The highest BCUT2D eigenvalue weighted by atomic mass is 32.2. The molecule has 2 aliphatic rings. The molecular formula is C19H28N4O3S. The molecule has 0 spiro atoms. The molecule has 2 heterocycles. The van der Waals surface area contributed by atoms with Gasteiger partial charge in [0.05, 0.1) is 11.5 Å². The second-order valence-corrected chi connectivity index (χ2v) is 9.46. The Balaban J connectivity index is 1.55. The number of nitrogens with one attached hydrogen (secondary N) is 1. The van der Waals surface area contributed by atoms with Crippen molar-refractivity contribution < 1.29 is 13.2 Å². The van der Waals surface area contributed by atoms with Gasteiger partial charge >= 0.3 is 0 Å². The summed E-state index contributed by atoms with van der Waals surface area (Å²) in [7, 11) is -2.96. The monoisotopic (exact) mass is 392 g/mol. The first-order valence-corrected chi connectivity index (χ1v) is 11.6. The zero-order chi connectivity index (χ0) is 19.3. The summed E-state index contributed by atoms with van der Waals surface area (Å²) in [4.78, 5) is 14.2. The van der Waals surface area contributed by atoms with Crippen LogP contribution in [0.25, 0.3) is 0 Å². The topological polar surface area (TPSA) is 92.3 Å². The minimum Gasteiger partial charge on any atom is -0.351 e. The molecule has 8 heteroatoms. The van der Waals surface area contributed by atoms with Crippen molar-refractivity contribution >= 4 is 21.6 Å². The molecule has 7 nitrogen and oxygen atoms in total. The van der Waals surface area contributed by atoms with Gasteiger partial charge in [-0.05, 0) is 57.6 Å². The Hall–Kier alpha value is -1.96. The van der Waals surface area contributed by atoms with Gasteiger partial charge in [-0.15, -0.1) is 10.2 Å². The fourth-order valence-corrected chi connectivity index (χ4v) is 5.52. The number of anilines is 1. The Morgan fingerprint density at radius 3 is 2.74 bits per heavy atom. The number of nitrogens with zero attached hydrogens (tertiary/aromatic N) is 3. The Bertz CT molecular complexity index is 790. The number of hydrogen-bond donors (Lipinski definition) is 1. The highest BCUT2D eigenvalue weighted by Gasteiger charge is 2.32. The molecule has 1 amide bonds. The molecule has 1 aromatic rings. The van der Waals surface area contributed by atoms with Crippen molar-refractivity contribution in [2.75, 3.05) is 29.5 Å². The summed E-state index contributed by atoms with van der Waals surface area (Å²) in [6, 6.07) is 3.33. The number of sulfone groups is 1. The maximum atomic E-state index is 12.3. The summed E-state index contributed by atoms with van der Waals surface area (Å²) in [6.45, 7) is 3.22. The Labute approximate surface area is 161 Å². The lowest BCUT2D eigenvalue weighted by molar-refractivity contribution is 0.0948. The fourth-order valence-electron chi connectivity index (χ4n) is 3.79. The SMILES string of the molecule is CCN(c1ccc(C(=O)NCCC2=CCCCC2)nn1)C1CCS(=O)(=O)C1. The Morgan fingerprint density at radius 2 is 2.15 bits per heavy atom. The van der Waals surface area contributed by atoms with Gasteiger partial charge in [-0.1, -0.05) is 11.6 Å². The van der Waals surface area contributed by atoms with Crippen LogP contribution in [0, 0.1) is 0 Å². The van der Waals surface area contributed by atoms with Gasteiger partial charge in [0.1, 0.15) is 0 Å². The molecule has 1 aliphatic carbocycles. The molecule has 1 aromatic heterocycles. The van der Waals surface area contributed by atoms with Gasteiger partial charge in [-0.25, -0.2) is 8.42 Å². The van der Waals surface area contributed by atoms with E-state index in [2.05, 4.69) is 21.6 Å². The predicted molar refractivity (Wildman–Crippen MR) is 106 cm³/mol. The molecule has 1 fully saturated rings. The van der Waals surface area contributed by atoms with Crippen LogP contribution in [0.5, 0.6) is 0 Å². The van der Waals surface area contributed by atoms with Crippen LogP contribution in [0.4, 0.5) is 5.82 Å². The molecule has 1 unspecified atom stereocenters. The molecule has 1 aliphatic heterocycles. The van der Waals surface area contributed by atoms with E-state index in [-0.39, 0.29) is 29.1 Å². The molecule has 0 bridgehead atoms. The van der Waals surface area contributed by atoms with Crippen LogP contribution in [-0.4, -0.2) is 55.2 Å². The van der Waals surface area contributed by atoms with Gasteiger partial charge in [0.25, 0.3) is 5.91 Å². The van der Waals surface area contributed by atoms with E-state index in [1.165, 1.54) is 18.4 Å². The van der Waals surface area contributed by atoms with Crippen LogP contribution in [-0.2, 0) is 9.84 Å². The van der Waals surface area contributed by atoms with Crippen molar-refractivity contribution in [1.82, 2.24) is 15.5 Å². The van der Waals surface area contributed by atoms with Crippen LogP contribution in [0.3, 0.4) is 0 Å². The first-order valence-electron chi connectivity index (χ1n) is 9.75. The number of carbonyl (C=O) groups is 1. The van der Waals surface area contributed by atoms with E-state index in [1.807, 2.05) is 11.8 Å². The van der Waals surface area contributed by atoms with Crippen molar-refractivity contribution in [2.24, 2.45) is 0 Å². The fraction of sp³-hybridized carbons (Fsp3) is 0.632. The van der Waals surface area contributed by atoms with Gasteiger partial charge in [-0.3, -0.25) is 4.79 Å². The Kier molecular flexibility index (Phi) is 6.46. The molecule has 0 saturated carbocycles. The highest BCUT2D eigenvalue weighted by molar-refractivity contribution is 7.91. The van der Waals surface area contributed by atoms with Crippen LogP contribution in [0.15, 0.2) is 23.8 Å². The molecule has 3 rings (SSSR count). The van der Waals surface area contributed by atoms with E-state index >= 15 is 0 Å². The summed E-state index contributed by atoms with van der Waals surface area (Å²) in [5.74, 6) is 0.763.